The SMILES string of the molecule is CC(C)Oc1ccc(C(Oc2ccc3c(c2)c(Cl)c2n3CC[C@@H]2CC(=O)O)C(F)(F)F)cc1.NC(CO)(CO)CO. The maximum atomic E-state index is 13.9. The first-order chi connectivity index (χ1) is 19.2. The van der Waals surface area contributed by atoms with E-state index in [-0.39, 0.29) is 29.8 Å². The molecular formula is C28H34ClF3N2O7. The van der Waals surface area contributed by atoms with E-state index in [0.29, 0.717) is 34.8 Å². The molecule has 13 heteroatoms. The number of carboxylic acids is 1. The predicted molar refractivity (Wildman–Crippen MR) is 146 cm³/mol. The van der Waals surface area contributed by atoms with Crippen molar-refractivity contribution in [2.45, 2.75) is 63.1 Å². The Balaban J connectivity index is 0.000000507. The first-order valence-corrected chi connectivity index (χ1v) is 13.3. The summed E-state index contributed by atoms with van der Waals surface area (Å²) in [5.74, 6) is -0.659. The van der Waals surface area contributed by atoms with Crippen LogP contribution in [0.3, 0.4) is 0 Å². The number of ether oxygens (including phenoxy) is 2. The van der Waals surface area contributed by atoms with E-state index >= 15 is 0 Å². The van der Waals surface area contributed by atoms with E-state index in [1.165, 1.54) is 36.4 Å². The van der Waals surface area contributed by atoms with Gasteiger partial charge in [0.05, 0.1) is 48.4 Å². The molecule has 1 aliphatic rings. The molecule has 1 unspecified atom stereocenters. The average Bonchev–Trinajstić information content (AvgIpc) is 3.45. The summed E-state index contributed by atoms with van der Waals surface area (Å²) in [4.78, 5) is 11.2. The van der Waals surface area contributed by atoms with Crippen LogP contribution in [-0.4, -0.2) is 68.6 Å². The van der Waals surface area contributed by atoms with Crippen molar-refractivity contribution in [3.05, 3.63) is 58.7 Å². The Bertz CT molecular complexity index is 1320. The number of alkyl halides is 3. The Kier molecular flexibility index (Phi) is 10.5. The second-order valence-corrected chi connectivity index (χ2v) is 10.6. The van der Waals surface area contributed by atoms with Gasteiger partial charge in [-0.05, 0) is 50.6 Å². The van der Waals surface area contributed by atoms with E-state index in [1.54, 1.807) is 6.07 Å². The standard InChI is InChI=1S/C24H23ClF3NO4.C4H11NO3/c1-13(2)32-16-5-3-14(4-6-16)23(24(26,27)28)33-17-7-8-19-18(12-17)21(25)22-15(11-20(30)31)9-10-29(19)22;5-4(1-6,2-7)3-8/h3-8,12-13,15,23H,9-11H2,1-2H3,(H,30,31);6-8H,1-3,5H2/t15-,23?;/m1./s1. The Hall–Kier alpha value is -3.03. The van der Waals surface area contributed by atoms with Crippen LogP contribution in [0.4, 0.5) is 13.2 Å². The Morgan fingerprint density at radius 3 is 2.12 bits per heavy atom. The molecule has 1 aromatic heterocycles. The number of aliphatic carboxylic acids is 1. The zero-order valence-corrected chi connectivity index (χ0v) is 23.3. The largest absolute Gasteiger partial charge is 0.491 e. The number of carboxylic acid groups (broad SMARTS) is 1. The highest BCUT2D eigenvalue weighted by Gasteiger charge is 2.43. The third-order valence-electron chi connectivity index (χ3n) is 6.57. The highest BCUT2D eigenvalue weighted by atomic mass is 35.5. The molecule has 1 aliphatic heterocycles. The van der Waals surface area contributed by atoms with Crippen molar-refractivity contribution in [1.82, 2.24) is 4.57 Å². The third kappa shape index (κ3) is 7.83. The number of hydrogen-bond donors (Lipinski definition) is 5. The summed E-state index contributed by atoms with van der Waals surface area (Å²) in [6.45, 7) is 3.06. The number of benzene rings is 2. The third-order valence-corrected chi connectivity index (χ3v) is 6.97. The maximum Gasteiger partial charge on any atom is 0.429 e. The van der Waals surface area contributed by atoms with Crippen molar-refractivity contribution in [2.75, 3.05) is 19.8 Å². The lowest BCUT2D eigenvalue weighted by atomic mass is 10.0. The number of nitrogens with zero attached hydrogens (tertiary/aromatic N) is 1. The van der Waals surface area contributed by atoms with Crippen molar-refractivity contribution < 1.29 is 47.9 Å². The molecule has 2 aromatic carbocycles. The number of hydrogen-bond acceptors (Lipinski definition) is 7. The second kappa shape index (κ2) is 13.3. The molecule has 0 saturated heterocycles. The van der Waals surface area contributed by atoms with Crippen molar-refractivity contribution in [3.63, 3.8) is 0 Å². The molecule has 4 rings (SSSR count). The van der Waals surface area contributed by atoms with Crippen LogP contribution in [0.5, 0.6) is 11.5 Å². The molecular weight excluding hydrogens is 569 g/mol. The van der Waals surface area contributed by atoms with Crippen LogP contribution in [0.25, 0.3) is 10.9 Å². The highest BCUT2D eigenvalue weighted by molar-refractivity contribution is 6.36. The maximum absolute atomic E-state index is 13.9. The lowest BCUT2D eigenvalue weighted by Gasteiger charge is -2.22. The zero-order valence-electron chi connectivity index (χ0n) is 22.6. The fourth-order valence-electron chi connectivity index (χ4n) is 4.46. The van der Waals surface area contributed by atoms with Crippen LogP contribution < -0.4 is 15.2 Å². The van der Waals surface area contributed by atoms with Crippen LogP contribution in [-0.2, 0) is 11.3 Å². The molecule has 2 atom stereocenters. The molecule has 9 nitrogen and oxygen atoms in total. The lowest BCUT2D eigenvalue weighted by Crippen LogP contribution is -2.50. The van der Waals surface area contributed by atoms with Crippen molar-refractivity contribution in [3.8, 4) is 11.5 Å². The fraction of sp³-hybridized carbons (Fsp3) is 0.464. The summed E-state index contributed by atoms with van der Waals surface area (Å²) in [6, 6.07) is 10.3. The van der Waals surface area contributed by atoms with Gasteiger partial charge in [-0.2, -0.15) is 13.2 Å². The first kappa shape index (κ1) is 32.5. The molecule has 0 amide bonds. The van der Waals surface area contributed by atoms with Gasteiger partial charge >= 0.3 is 12.1 Å². The van der Waals surface area contributed by atoms with Crippen LogP contribution in [0, 0.1) is 0 Å². The van der Waals surface area contributed by atoms with Crippen LogP contribution in [0.2, 0.25) is 5.02 Å². The van der Waals surface area contributed by atoms with Gasteiger partial charge in [-0.25, -0.2) is 0 Å². The van der Waals surface area contributed by atoms with E-state index in [9.17, 15) is 18.0 Å². The number of aliphatic hydroxyl groups excluding tert-OH is 3. The second-order valence-electron chi connectivity index (χ2n) is 10.2. The molecule has 0 saturated carbocycles. The van der Waals surface area contributed by atoms with Gasteiger partial charge in [-0.15, -0.1) is 0 Å². The smallest absolute Gasteiger partial charge is 0.429 e. The number of fused-ring (bicyclic) bond motifs is 3. The molecule has 226 valence electrons. The minimum Gasteiger partial charge on any atom is -0.491 e. The molecule has 0 aliphatic carbocycles. The highest BCUT2D eigenvalue weighted by Crippen LogP contribution is 2.44. The predicted octanol–water partition coefficient (Wildman–Crippen LogP) is 4.39. The molecule has 41 heavy (non-hydrogen) atoms. The zero-order chi connectivity index (χ0) is 30.5. The lowest BCUT2D eigenvalue weighted by molar-refractivity contribution is -0.198. The quantitative estimate of drug-likeness (QED) is 0.230. The van der Waals surface area contributed by atoms with Crippen molar-refractivity contribution in [2.24, 2.45) is 5.73 Å². The van der Waals surface area contributed by atoms with Gasteiger partial charge in [0.2, 0.25) is 6.10 Å². The Morgan fingerprint density at radius 2 is 1.63 bits per heavy atom. The van der Waals surface area contributed by atoms with E-state index in [1.807, 2.05) is 18.4 Å². The monoisotopic (exact) mass is 602 g/mol. The van der Waals surface area contributed by atoms with Crippen LogP contribution in [0.15, 0.2) is 42.5 Å². The normalized spacial score (nSPS) is 15.8. The van der Waals surface area contributed by atoms with Crippen LogP contribution in [0.1, 0.15) is 50.0 Å². The van der Waals surface area contributed by atoms with Gasteiger partial charge in [0, 0.05) is 29.1 Å². The molecule has 3 aromatic rings. The van der Waals surface area contributed by atoms with E-state index in [2.05, 4.69) is 0 Å². The van der Waals surface area contributed by atoms with E-state index < -0.39 is 43.6 Å². The van der Waals surface area contributed by atoms with E-state index in [4.69, 9.17) is 47.2 Å². The molecule has 0 spiro atoms. The Morgan fingerprint density at radius 1 is 1.05 bits per heavy atom. The summed E-state index contributed by atoms with van der Waals surface area (Å²) in [6.07, 6.45) is -6.31. The fourth-order valence-corrected chi connectivity index (χ4v) is 4.87. The van der Waals surface area contributed by atoms with Crippen molar-refractivity contribution >= 4 is 28.5 Å². The summed E-state index contributed by atoms with van der Waals surface area (Å²) in [5, 5.41) is 35.1. The molecule has 6 N–H and O–H groups in total. The summed E-state index contributed by atoms with van der Waals surface area (Å²) >= 11 is 6.55. The number of carbonyl (C=O) groups is 1. The van der Waals surface area contributed by atoms with Crippen LogP contribution >= 0.6 is 11.6 Å². The first-order valence-electron chi connectivity index (χ1n) is 12.9. The number of aromatic nitrogens is 1. The minimum atomic E-state index is -4.64. The number of aliphatic hydroxyl groups is 3. The summed E-state index contributed by atoms with van der Waals surface area (Å²) < 4.78 is 54.4. The average molecular weight is 603 g/mol. The molecule has 2 heterocycles. The molecule has 0 bridgehead atoms. The van der Waals surface area contributed by atoms with Gasteiger partial charge in [0.15, 0.2) is 0 Å². The molecule has 0 fully saturated rings. The van der Waals surface area contributed by atoms with E-state index in [0.717, 1.165) is 5.52 Å². The van der Waals surface area contributed by atoms with Gasteiger partial charge < -0.3 is 40.2 Å². The number of rotatable bonds is 10. The topological polar surface area (TPSA) is 147 Å². The number of nitrogens with two attached hydrogens (primary N) is 1. The van der Waals surface area contributed by atoms with Gasteiger partial charge in [-0.3, -0.25) is 4.79 Å². The molecule has 0 radical (unpaired) electrons. The summed E-state index contributed by atoms with van der Waals surface area (Å²) in [5.41, 5.74) is 5.34. The van der Waals surface area contributed by atoms with Gasteiger partial charge in [0.25, 0.3) is 0 Å². The van der Waals surface area contributed by atoms with Gasteiger partial charge in [0.1, 0.15) is 11.5 Å². The Labute approximate surface area is 239 Å². The minimum absolute atomic E-state index is 0.0216. The number of halogens is 4. The number of aryl methyl sites for hydroxylation is 1. The van der Waals surface area contributed by atoms with Gasteiger partial charge in [-0.1, -0.05) is 23.7 Å². The summed E-state index contributed by atoms with van der Waals surface area (Å²) in [7, 11) is 0. The van der Waals surface area contributed by atoms with Crippen molar-refractivity contribution in [1.29, 1.82) is 0 Å².